The van der Waals surface area contributed by atoms with Crippen molar-refractivity contribution in [3.63, 3.8) is 0 Å². The van der Waals surface area contributed by atoms with Gasteiger partial charge < -0.3 is 9.94 Å². The van der Waals surface area contributed by atoms with Gasteiger partial charge >= 0.3 is 0 Å². The van der Waals surface area contributed by atoms with Crippen LogP contribution in [-0.4, -0.2) is 18.0 Å². The maximum absolute atomic E-state index is 8.48. The second-order valence-corrected chi connectivity index (χ2v) is 7.26. The quantitative estimate of drug-likeness (QED) is 0.136. The number of ether oxygens (including phenoxy) is 1. The molecule has 0 aliphatic heterocycles. The second-order valence-electron chi connectivity index (χ2n) is 7.26. The van der Waals surface area contributed by atoms with Crippen LogP contribution in [0.4, 0.5) is 0 Å². The standard InChI is InChI=1S/C23H39NO2/c1-2-3-4-5-6-7-8-9-10-11-12-13-14-15-20-26-23-18-16-22(17-19-23)21-24-25/h16-19,21,25H,2-15,20H2,1H3. The zero-order valence-corrected chi connectivity index (χ0v) is 16.8. The Morgan fingerprint density at radius 2 is 1.19 bits per heavy atom. The smallest absolute Gasteiger partial charge is 0.119 e. The molecule has 26 heavy (non-hydrogen) atoms. The maximum atomic E-state index is 8.48. The summed E-state index contributed by atoms with van der Waals surface area (Å²) in [7, 11) is 0. The van der Waals surface area contributed by atoms with Crippen molar-refractivity contribution in [3.8, 4) is 5.75 Å². The maximum Gasteiger partial charge on any atom is 0.119 e. The first kappa shape index (κ1) is 22.5. The molecule has 0 fully saturated rings. The van der Waals surface area contributed by atoms with Crippen molar-refractivity contribution in [1.82, 2.24) is 0 Å². The minimum absolute atomic E-state index is 0.783. The van der Waals surface area contributed by atoms with Crippen LogP contribution in [0.2, 0.25) is 0 Å². The summed E-state index contributed by atoms with van der Waals surface area (Å²) in [6.45, 7) is 3.06. The van der Waals surface area contributed by atoms with Gasteiger partial charge in [0.05, 0.1) is 12.8 Å². The van der Waals surface area contributed by atoms with E-state index in [1.165, 1.54) is 89.7 Å². The molecule has 0 saturated carbocycles. The average Bonchev–Trinajstić information content (AvgIpc) is 2.66. The lowest BCUT2D eigenvalue weighted by Gasteiger charge is -2.06. The van der Waals surface area contributed by atoms with Gasteiger partial charge in [0.15, 0.2) is 0 Å². The first-order valence-corrected chi connectivity index (χ1v) is 10.8. The monoisotopic (exact) mass is 361 g/mol. The molecule has 0 aromatic heterocycles. The van der Waals surface area contributed by atoms with Gasteiger partial charge in [0.2, 0.25) is 0 Å². The molecule has 0 saturated heterocycles. The Balaban J connectivity index is 1.82. The van der Waals surface area contributed by atoms with E-state index in [1.54, 1.807) is 0 Å². The summed E-state index contributed by atoms with van der Waals surface area (Å²) >= 11 is 0. The molecule has 1 rings (SSSR count). The molecule has 3 heteroatoms. The zero-order chi connectivity index (χ0) is 18.7. The van der Waals surface area contributed by atoms with Crippen molar-refractivity contribution in [2.45, 2.75) is 96.8 Å². The van der Waals surface area contributed by atoms with E-state index in [4.69, 9.17) is 9.94 Å². The molecule has 0 aliphatic rings. The molecular weight excluding hydrogens is 322 g/mol. The molecular formula is C23H39NO2. The van der Waals surface area contributed by atoms with E-state index < -0.39 is 0 Å². The van der Waals surface area contributed by atoms with Crippen molar-refractivity contribution in [2.24, 2.45) is 5.16 Å². The summed E-state index contributed by atoms with van der Waals surface area (Å²) in [6, 6.07) is 7.61. The normalized spacial score (nSPS) is 11.3. The Bertz CT molecular complexity index is 442. The third-order valence-electron chi connectivity index (χ3n) is 4.85. The molecule has 0 unspecified atom stereocenters. The summed E-state index contributed by atoms with van der Waals surface area (Å²) < 4.78 is 5.74. The Morgan fingerprint density at radius 1 is 0.731 bits per heavy atom. The van der Waals surface area contributed by atoms with Crippen LogP contribution in [-0.2, 0) is 0 Å². The SMILES string of the molecule is CCCCCCCCCCCCCCCCOc1ccc(C=NO)cc1. The average molecular weight is 362 g/mol. The van der Waals surface area contributed by atoms with Crippen LogP contribution in [0.3, 0.4) is 0 Å². The van der Waals surface area contributed by atoms with Crippen LogP contribution >= 0.6 is 0 Å². The Morgan fingerprint density at radius 3 is 1.65 bits per heavy atom. The van der Waals surface area contributed by atoms with E-state index in [-0.39, 0.29) is 0 Å². The van der Waals surface area contributed by atoms with Gasteiger partial charge in [-0.1, -0.05) is 95.6 Å². The number of nitrogens with zero attached hydrogens (tertiary/aromatic N) is 1. The second kappa shape index (κ2) is 16.9. The number of hydrogen-bond donors (Lipinski definition) is 1. The zero-order valence-electron chi connectivity index (χ0n) is 16.8. The van der Waals surface area contributed by atoms with Crippen molar-refractivity contribution in [1.29, 1.82) is 0 Å². The lowest BCUT2D eigenvalue weighted by molar-refractivity contribution is 0.304. The van der Waals surface area contributed by atoms with Crippen LogP contribution in [0.25, 0.3) is 0 Å². The Hall–Kier alpha value is -1.51. The number of rotatable bonds is 17. The first-order valence-electron chi connectivity index (χ1n) is 10.8. The summed E-state index contributed by atoms with van der Waals surface area (Å²) in [6.07, 6.45) is 20.7. The Kier molecular flexibility index (Phi) is 14.7. The van der Waals surface area contributed by atoms with Crippen molar-refractivity contribution < 1.29 is 9.94 Å². The van der Waals surface area contributed by atoms with E-state index in [2.05, 4.69) is 12.1 Å². The van der Waals surface area contributed by atoms with Gasteiger partial charge in [-0.15, -0.1) is 0 Å². The number of unbranched alkanes of at least 4 members (excludes halogenated alkanes) is 13. The molecule has 1 N–H and O–H groups in total. The van der Waals surface area contributed by atoms with Gasteiger partial charge in [0.1, 0.15) is 5.75 Å². The van der Waals surface area contributed by atoms with Gasteiger partial charge in [-0.3, -0.25) is 0 Å². The number of hydrogen-bond acceptors (Lipinski definition) is 3. The molecule has 148 valence electrons. The fraction of sp³-hybridized carbons (Fsp3) is 0.696. The molecule has 0 amide bonds. The summed E-state index contributed by atoms with van der Waals surface area (Å²) in [4.78, 5) is 0. The van der Waals surface area contributed by atoms with E-state index in [0.717, 1.165) is 24.3 Å². The van der Waals surface area contributed by atoms with Crippen molar-refractivity contribution in [3.05, 3.63) is 29.8 Å². The molecule has 0 radical (unpaired) electrons. The van der Waals surface area contributed by atoms with Gasteiger partial charge in [-0.2, -0.15) is 0 Å². The van der Waals surface area contributed by atoms with Crippen LogP contribution in [0.1, 0.15) is 102 Å². The predicted molar refractivity (Wildman–Crippen MR) is 112 cm³/mol. The fourth-order valence-corrected chi connectivity index (χ4v) is 3.20. The summed E-state index contributed by atoms with van der Waals surface area (Å²) in [5.74, 6) is 0.884. The first-order chi connectivity index (χ1) is 12.9. The van der Waals surface area contributed by atoms with E-state index in [1.807, 2.05) is 24.3 Å². The lowest BCUT2D eigenvalue weighted by Crippen LogP contribution is -1.97. The predicted octanol–water partition coefficient (Wildman–Crippen LogP) is 7.35. The van der Waals surface area contributed by atoms with Gasteiger partial charge in [0, 0.05) is 0 Å². The van der Waals surface area contributed by atoms with Crippen LogP contribution in [0.15, 0.2) is 29.4 Å². The van der Waals surface area contributed by atoms with Gasteiger partial charge in [-0.05, 0) is 36.2 Å². The lowest BCUT2D eigenvalue weighted by atomic mass is 10.0. The summed E-state index contributed by atoms with van der Waals surface area (Å²) in [5, 5.41) is 11.5. The van der Waals surface area contributed by atoms with Gasteiger partial charge in [-0.25, -0.2) is 0 Å². The highest BCUT2D eigenvalue weighted by molar-refractivity contribution is 5.79. The highest BCUT2D eigenvalue weighted by Gasteiger charge is 1.96. The molecule has 0 aliphatic carbocycles. The minimum atomic E-state index is 0.783. The highest BCUT2D eigenvalue weighted by atomic mass is 16.5. The topological polar surface area (TPSA) is 41.8 Å². The molecule has 0 heterocycles. The minimum Gasteiger partial charge on any atom is -0.494 e. The third kappa shape index (κ3) is 12.8. The number of benzene rings is 1. The highest BCUT2D eigenvalue weighted by Crippen LogP contribution is 2.14. The molecule has 1 aromatic rings. The van der Waals surface area contributed by atoms with Crippen molar-refractivity contribution >= 4 is 6.21 Å². The molecule has 3 nitrogen and oxygen atoms in total. The Labute approximate surface area is 160 Å². The molecule has 0 atom stereocenters. The van der Waals surface area contributed by atoms with E-state index in [0.29, 0.717) is 0 Å². The molecule has 1 aromatic carbocycles. The van der Waals surface area contributed by atoms with Crippen molar-refractivity contribution in [2.75, 3.05) is 6.61 Å². The van der Waals surface area contributed by atoms with Crippen LogP contribution < -0.4 is 4.74 Å². The third-order valence-corrected chi connectivity index (χ3v) is 4.85. The van der Waals surface area contributed by atoms with Crippen LogP contribution in [0, 0.1) is 0 Å². The van der Waals surface area contributed by atoms with Gasteiger partial charge in [0.25, 0.3) is 0 Å². The summed E-state index contributed by atoms with van der Waals surface area (Å²) in [5.41, 5.74) is 0.872. The molecule has 0 spiro atoms. The molecule has 0 bridgehead atoms. The van der Waals surface area contributed by atoms with E-state index in [9.17, 15) is 0 Å². The fourth-order valence-electron chi connectivity index (χ4n) is 3.20. The van der Waals surface area contributed by atoms with Crippen LogP contribution in [0.5, 0.6) is 5.75 Å². The largest absolute Gasteiger partial charge is 0.494 e. The number of oxime groups is 1. The van der Waals surface area contributed by atoms with E-state index >= 15 is 0 Å².